The van der Waals surface area contributed by atoms with Crippen molar-refractivity contribution in [1.82, 2.24) is 0 Å². The zero-order valence-corrected chi connectivity index (χ0v) is 12.5. The van der Waals surface area contributed by atoms with Crippen LogP contribution in [-0.2, 0) is 18.4 Å². The van der Waals surface area contributed by atoms with Crippen molar-refractivity contribution in [2.45, 2.75) is 38.4 Å². The lowest BCUT2D eigenvalue weighted by molar-refractivity contribution is 0.0636. The lowest BCUT2D eigenvalue weighted by Gasteiger charge is -2.31. The molecular weight excluding hydrogens is 273 g/mol. The van der Waals surface area contributed by atoms with E-state index in [0.717, 1.165) is 0 Å². The Balaban J connectivity index is 5.02. The third kappa shape index (κ3) is 3.83. The summed E-state index contributed by atoms with van der Waals surface area (Å²) in [4.78, 5) is 9.80. The summed E-state index contributed by atoms with van der Waals surface area (Å²) in [5, 5.41) is -1.76. The van der Waals surface area contributed by atoms with Crippen molar-refractivity contribution in [3.63, 3.8) is 0 Å². The fourth-order valence-electron chi connectivity index (χ4n) is 0.985. The molecule has 0 bridgehead atoms. The summed E-state index contributed by atoms with van der Waals surface area (Å²) >= 11 is 5.60. The van der Waals surface area contributed by atoms with E-state index in [1.165, 1.54) is 0 Å². The Morgan fingerprint density at radius 3 is 2.44 bits per heavy atom. The fourth-order valence-corrected chi connectivity index (χ4v) is 3.98. The van der Waals surface area contributed by atoms with Crippen LogP contribution in [0.1, 0.15) is 27.2 Å². The Labute approximate surface area is 102 Å². The molecule has 4 atom stereocenters. The van der Waals surface area contributed by atoms with Gasteiger partial charge in [-0.1, -0.05) is 6.92 Å². The van der Waals surface area contributed by atoms with Gasteiger partial charge in [0.25, 0.3) is 0 Å². The van der Waals surface area contributed by atoms with Crippen LogP contribution in [0.3, 0.4) is 0 Å². The Bertz CT molecular complexity index is 275. The monoisotopic (exact) mass is 292 g/mol. The van der Waals surface area contributed by atoms with E-state index in [-0.39, 0.29) is 12.5 Å². The van der Waals surface area contributed by atoms with Crippen LogP contribution in [0.5, 0.6) is 0 Å². The first-order chi connectivity index (χ1) is 7.39. The van der Waals surface area contributed by atoms with E-state index in [9.17, 15) is 14.0 Å². The summed E-state index contributed by atoms with van der Waals surface area (Å²) in [5.74, 6) is -0.329. The van der Waals surface area contributed by atoms with Gasteiger partial charge in [-0.25, -0.2) is 0 Å². The molecule has 0 fully saturated rings. The van der Waals surface area contributed by atoms with Crippen molar-refractivity contribution < 1.29 is 23.3 Å². The third-order valence-corrected chi connectivity index (χ3v) is 6.91. The van der Waals surface area contributed by atoms with Crippen LogP contribution in [0.25, 0.3) is 0 Å². The molecule has 0 aromatic carbocycles. The van der Waals surface area contributed by atoms with Crippen LogP contribution in [-0.4, -0.2) is 28.6 Å². The normalized spacial score (nSPS) is 21.8. The highest BCUT2D eigenvalue weighted by molar-refractivity contribution is 7.64. The van der Waals surface area contributed by atoms with Crippen molar-refractivity contribution >= 4 is 27.7 Å². The van der Waals surface area contributed by atoms with E-state index >= 15 is 0 Å². The van der Waals surface area contributed by atoms with Gasteiger partial charge in [-0.2, -0.15) is 0 Å². The highest BCUT2D eigenvalue weighted by atomic mass is 35.5. The molecule has 0 spiro atoms. The molecule has 98 valence electrons. The largest absolute Gasteiger partial charge is 0.368 e. The molecule has 0 aliphatic heterocycles. The van der Waals surface area contributed by atoms with Crippen molar-refractivity contribution in [1.29, 1.82) is 0 Å². The second-order valence-electron chi connectivity index (χ2n) is 3.37. The Kier molecular flexibility index (Phi) is 7.43. The van der Waals surface area contributed by atoms with Crippen LogP contribution in [0, 0.1) is 0 Å². The Morgan fingerprint density at radius 2 is 2.12 bits per heavy atom. The van der Waals surface area contributed by atoms with Gasteiger partial charge in [0.1, 0.15) is 8.46 Å². The van der Waals surface area contributed by atoms with Gasteiger partial charge in [0.05, 0.1) is 12.0 Å². The number of hydrogen-bond donors (Lipinski definition) is 1. The average Bonchev–Trinajstić information content (AvgIpc) is 2.24. The summed E-state index contributed by atoms with van der Waals surface area (Å²) in [6.45, 7) is 5.27. The molecular formula is C8H19ClO5P2. The maximum Gasteiger partial charge on any atom is 0.368 e. The third-order valence-electron chi connectivity index (χ3n) is 2.15. The van der Waals surface area contributed by atoms with Gasteiger partial charge >= 0.3 is 7.60 Å². The number of rotatable bonds is 8. The molecule has 0 aromatic rings. The maximum atomic E-state index is 12.0. The fraction of sp³-hybridized carbons (Fsp3) is 1.00. The minimum absolute atomic E-state index is 0.149. The van der Waals surface area contributed by atoms with Crippen LogP contribution >= 0.6 is 27.7 Å². The smallest absolute Gasteiger partial charge is 0.355 e. The predicted octanol–water partition coefficient (Wildman–Crippen LogP) is 2.67. The number of alkyl halides is 1. The number of halogens is 1. The zero-order valence-electron chi connectivity index (χ0n) is 9.68. The standard InChI is InChI=1S/C8H19ClO5P2/c1-4-7(3)14-16(11,12)8(6-9,15-10)13-5-2/h7H,4-6,15H2,1-3H3,(H,11,12). The number of ether oxygens (including phenoxy) is 1. The Morgan fingerprint density at radius 1 is 1.56 bits per heavy atom. The molecule has 0 amide bonds. The van der Waals surface area contributed by atoms with Crippen molar-refractivity contribution in [3.05, 3.63) is 0 Å². The Hall–Kier alpha value is 0.630. The molecule has 16 heavy (non-hydrogen) atoms. The number of hydrogen-bond acceptors (Lipinski definition) is 4. The summed E-state index contributed by atoms with van der Waals surface area (Å²) in [7, 11) is -5.83. The summed E-state index contributed by atoms with van der Waals surface area (Å²) in [6, 6.07) is 0. The van der Waals surface area contributed by atoms with Crippen LogP contribution in [0.4, 0.5) is 0 Å². The SMILES string of the molecule is CCOC(CCl)([PH2]=O)P(=O)(O)OC(C)CC. The summed E-state index contributed by atoms with van der Waals surface area (Å²) < 4.78 is 33.3. The summed E-state index contributed by atoms with van der Waals surface area (Å²) in [6.07, 6.45) is 0.160. The first kappa shape index (κ1) is 16.6. The van der Waals surface area contributed by atoms with E-state index in [2.05, 4.69) is 0 Å². The van der Waals surface area contributed by atoms with E-state index in [4.69, 9.17) is 20.9 Å². The molecule has 0 aromatic heterocycles. The molecule has 4 unspecified atom stereocenters. The highest BCUT2D eigenvalue weighted by Crippen LogP contribution is 2.62. The average molecular weight is 293 g/mol. The van der Waals surface area contributed by atoms with Crippen molar-refractivity contribution in [3.8, 4) is 0 Å². The molecule has 1 N–H and O–H groups in total. The molecule has 5 nitrogen and oxygen atoms in total. The molecule has 0 heterocycles. The van der Waals surface area contributed by atoms with E-state index < -0.39 is 27.2 Å². The minimum Gasteiger partial charge on any atom is -0.355 e. The molecule has 0 aliphatic rings. The second kappa shape index (κ2) is 7.15. The first-order valence-corrected chi connectivity index (χ1v) is 8.22. The molecule has 0 rings (SSSR count). The van der Waals surface area contributed by atoms with Gasteiger partial charge in [0, 0.05) is 6.61 Å². The van der Waals surface area contributed by atoms with Crippen molar-refractivity contribution in [2.24, 2.45) is 0 Å². The van der Waals surface area contributed by atoms with Crippen molar-refractivity contribution in [2.75, 3.05) is 12.5 Å². The van der Waals surface area contributed by atoms with Gasteiger partial charge in [-0.15, -0.1) is 11.6 Å². The van der Waals surface area contributed by atoms with Gasteiger partial charge < -0.3 is 18.7 Å². The molecule has 8 heteroatoms. The topological polar surface area (TPSA) is 72.8 Å². The van der Waals surface area contributed by atoms with E-state index in [1.54, 1.807) is 13.8 Å². The molecule has 0 radical (unpaired) electrons. The van der Waals surface area contributed by atoms with Gasteiger partial charge in [0.2, 0.25) is 5.08 Å². The van der Waals surface area contributed by atoms with E-state index in [0.29, 0.717) is 6.42 Å². The zero-order chi connectivity index (χ0) is 12.8. The van der Waals surface area contributed by atoms with Gasteiger partial charge in [0.15, 0.2) is 0 Å². The van der Waals surface area contributed by atoms with Crippen LogP contribution < -0.4 is 0 Å². The van der Waals surface area contributed by atoms with Crippen LogP contribution in [0.15, 0.2) is 0 Å². The highest BCUT2D eigenvalue weighted by Gasteiger charge is 2.50. The molecule has 0 saturated carbocycles. The minimum atomic E-state index is -4.15. The predicted molar refractivity (Wildman–Crippen MR) is 66.1 cm³/mol. The van der Waals surface area contributed by atoms with E-state index in [1.807, 2.05) is 6.92 Å². The van der Waals surface area contributed by atoms with Gasteiger partial charge in [-0.05, 0) is 20.3 Å². The lowest BCUT2D eigenvalue weighted by Crippen LogP contribution is -2.30. The lowest BCUT2D eigenvalue weighted by atomic mass is 10.3. The maximum absolute atomic E-state index is 12.0. The molecule has 0 aliphatic carbocycles. The second-order valence-corrected chi connectivity index (χ2v) is 7.30. The first-order valence-electron chi connectivity index (χ1n) is 5.06. The van der Waals surface area contributed by atoms with Gasteiger partial charge in [-0.3, -0.25) is 4.57 Å². The summed E-state index contributed by atoms with van der Waals surface area (Å²) in [5.41, 5.74) is 0. The van der Waals surface area contributed by atoms with Crippen LogP contribution in [0.2, 0.25) is 0 Å². The quantitative estimate of drug-likeness (QED) is 0.550. The molecule has 0 saturated heterocycles.